The molecule has 144 valence electrons. The Labute approximate surface area is 159 Å². The lowest BCUT2D eigenvalue weighted by Gasteiger charge is -2.22. The van der Waals surface area contributed by atoms with Crippen LogP contribution < -0.4 is 16.0 Å². The van der Waals surface area contributed by atoms with Crippen molar-refractivity contribution in [2.24, 2.45) is 5.16 Å². The molecule has 27 heavy (non-hydrogen) atoms. The van der Waals surface area contributed by atoms with Gasteiger partial charge in [-0.2, -0.15) is 0 Å². The van der Waals surface area contributed by atoms with Crippen LogP contribution in [0.5, 0.6) is 0 Å². The highest BCUT2D eigenvalue weighted by Gasteiger charge is 2.20. The summed E-state index contributed by atoms with van der Waals surface area (Å²) in [5.41, 5.74) is 0.602. The number of hydrogen-bond acceptors (Lipinski definition) is 5. The summed E-state index contributed by atoms with van der Waals surface area (Å²) in [4.78, 5) is 12.2. The zero-order chi connectivity index (χ0) is 19.2. The summed E-state index contributed by atoms with van der Waals surface area (Å²) in [6, 6.07) is 3.63. The second kappa shape index (κ2) is 8.72. The summed E-state index contributed by atoms with van der Waals surface area (Å²) in [6.07, 6.45) is 6.45. The fourth-order valence-corrected chi connectivity index (χ4v) is 3.11. The number of carbonyl (C=O) groups is 1. The molecule has 1 heterocycles. The van der Waals surface area contributed by atoms with Crippen molar-refractivity contribution in [1.29, 1.82) is 0 Å². The number of anilines is 2. The highest BCUT2D eigenvalue weighted by atomic mass is 35.5. The standard InChI is InChI=1S/C17H19ClFN5O3/c18-13-8-11(6-7-14(13)19)20-15(23-26)12-9-27-24-16(12)22-17(25)21-10-4-2-1-3-5-10/h6-10,26H,1-5H2,(H,20,23)(H2,21,22,24,25). The molecular formula is C17H19ClFN5O3. The molecule has 0 unspecified atom stereocenters. The number of amides is 2. The molecule has 0 aliphatic heterocycles. The van der Waals surface area contributed by atoms with E-state index < -0.39 is 11.8 Å². The van der Waals surface area contributed by atoms with Gasteiger partial charge in [0, 0.05) is 11.7 Å². The average molecular weight is 396 g/mol. The van der Waals surface area contributed by atoms with Gasteiger partial charge in [0.05, 0.1) is 5.02 Å². The Morgan fingerprint density at radius 2 is 2.07 bits per heavy atom. The van der Waals surface area contributed by atoms with Gasteiger partial charge in [-0.1, -0.05) is 41.2 Å². The van der Waals surface area contributed by atoms with Crippen LogP contribution in [0.2, 0.25) is 5.02 Å². The van der Waals surface area contributed by atoms with Gasteiger partial charge in [-0.3, -0.25) is 5.32 Å². The van der Waals surface area contributed by atoms with Gasteiger partial charge in [0.1, 0.15) is 17.6 Å². The number of urea groups is 1. The molecule has 0 radical (unpaired) electrons. The smallest absolute Gasteiger partial charge is 0.320 e. The fraction of sp³-hybridized carbons (Fsp3) is 0.353. The van der Waals surface area contributed by atoms with Crippen LogP contribution in [0, 0.1) is 5.82 Å². The highest BCUT2D eigenvalue weighted by Crippen LogP contribution is 2.22. The van der Waals surface area contributed by atoms with Gasteiger partial charge < -0.3 is 20.4 Å². The van der Waals surface area contributed by atoms with Crippen LogP contribution in [0.1, 0.15) is 37.7 Å². The van der Waals surface area contributed by atoms with Crippen molar-refractivity contribution in [1.82, 2.24) is 10.5 Å². The number of nitrogens with one attached hydrogen (secondary N) is 3. The number of hydrogen-bond donors (Lipinski definition) is 4. The van der Waals surface area contributed by atoms with Crippen LogP contribution in [0.15, 0.2) is 34.1 Å². The predicted octanol–water partition coefficient (Wildman–Crippen LogP) is 4.17. The molecule has 0 spiro atoms. The van der Waals surface area contributed by atoms with Crippen molar-refractivity contribution in [3.8, 4) is 0 Å². The first kappa shape index (κ1) is 19.0. The van der Waals surface area contributed by atoms with Crippen molar-refractivity contribution < 1.29 is 18.9 Å². The summed E-state index contributed by atoms with van der Waals surface area (Å²) >= 11 is 5.74. The number of rotatable bonds is 4. The quantitative estimate of drug-likeness (QED) is 0.268. The van der Waals surface area contributed by atoms with Crippen molar-refractivity contribution in [3.05, 3.63) is 40.9 Å². The van der Waals surface area contributed by atoms with Crippen molar-refractivity contribution >= 4 is 35.0 Å². The van der Waals surface area contributed by atoms with Crippen molar-refractivity contribution in [2.45, 2.75) is 38.1 Å². The Balaban J connectivity index is 1.68. The maximum Gasteiger partial charge on any atom is 0.320 e. The Kier molecular flexibility index (Phi) is 6.12. The van der Waals surface area contributed by atoms with Crippen LogP contribution in [0.4, 0.5) is 20.7 Å². The number of halogens is 2. The predicted molar refractivity (Wildman–Crippen MR) is 98.9 cm³/mol. The van der Waals surface area contributed by atoms with Crippen molar-refractivity contribution in [2.75, 3.05) is 10.6 Å². The third-order valence-electron chi connectivity index (χ3n) is 4.28. The Morgan fingerprint density at radius 1 is 1.30 bits per heavy atom. The third-order valence-corrected chi connectivity index (χ3v) is 4.57. The minimum absolute atomic E-state index is 0.0492. The van der Waals surface area contributed by atoms with Gasteiger partial charge in [-0.25, -0.2) is 9.18 Å². The van der Waals surface area contributed by atoms with E-state index in [0.717, 1.165) is 25.7 Å². The lowest BCUT2D eigenvalue weighted by atomic mass is 9.96. The molecule has 1 aromatic heterocycles. The molecule has 3 rings (SSSR count). The van der Waals surface area contributed by atoms with Crippen LogP contribution in [0.3, 0.4) is 0 Å². The molecule has 2 aromatic rings. The summed E-state index contributed by atoms with van der Waals surface area (Å²) in [5.74, 6) is -0.542. The Hall–Kier alpha value is -2.81. The first-order chi connectivity index (χ1) is 13.1. The van der Waals surface area contributed by atoms with Crippen molar-refractivity contribution in [3.63, 3.8) is 0 Å². The molecule has 8 nitrogen and oxygen atoms in total. The zero-order valence-electron chi connectivity index (χ0n) is 14.3. The SMILES string of the molecule is O=C(Nc1nocc1/C(=N/O)Nc1ccc(F)c(Cl)c1)NC1CCCCC1. The number of oxime groups is 1. The Morgan fingerprint density at radius 3 is 2.78 bits per heavy atom. The number of nitrogens with zero attached hydrogens (tertiary/aromatic N) is 2. The summed E-state index contributed by atoms with van der Waals surface area (Å²) in [7, 11) is 0. The van der Waals surface area contributed by atoms with Gasteiger partial charge in [-0.05, 0) is 31.0 Å². The van der Waals surface area contributed by atoms with E-state index in [0.29, 0.717) is 5.69 Å². The molecule has 1 fully saturated rings. The molecule has 2 amide bonds. The minimum atomic E-state index is -0.573. The molecule has 0 saturated heterocycles. The second-order valence-corrected chi connectivity index (χ2v) is 6.62. The van der Waals surface area contributed by atoms with Crippen LogP contribution >= 0.6 is 11.6 Å². The summed E-state index contributed by atoms with van der Waals surface area (Å²) in [5, 5.41) is 24.4. The van der Waals surface area contributed by atoms with Gasteiger partial charge in [0.15, 0.2) is 11.7 Å². The normalized spacial score (nSPS) is 15.4. The number of aromatic nitrogens is 1. The minimum Gasteiger partial charge on any atom is -0.409 e. The first-order valence-corrected chi connectivity index (χ1v) is 8.91. The van der Waals surface area contributed by atoms with E-state index in [1.54, 1.807) is 0 Å². The summed E-state index contributed by atoms with van der Waals surface area (Å²) < 4.78 is 18.2. The highest BCUT2D eigenvalue weighted by molar-refractivity contribution is 6.31. The molecule has 1 aliphatic carbocycles. The van der Waals surface area contributed by atoms with E-state index in [9.17, 15) is 14.4 Å². The molecule has 4 N–H and O–H groups in total. The zero-order valence-corrected chi connectivity index (χ0v) is 15.1. The van der Waals surface area contributed by atoms with Crippen LogP contribution in [0.25, 0.3) is 0 Å². The van der Waals surface area contributed by atoms with Gasteiger partial charge in [0.2, 0.25) is 0 Å². The van der Waals surface area contributed by atoms with E-state index >= 15 is 0 Å². The molecule has 10 heteroatoms. The lowest BCUT2D eigenvalue weighted by Crippen LogP contribution is -2.39. The lowest BCUT2D eigenvalue weighted by molar-refractivity contribution is 0.244. The van der Waals surface area contributed by atoms with E-state index in [1.807, 2.05) is 0 Å². The number of benzene rings is 1. The molecule has 1 saturated carbocycles. The molecule has 1 aliphatic rings. The molecule has 1 aromatic carbocycles. The first-order valence-electron chi connectivity index (χ1n) is 8.53. The molecule has 0 atom stereocenters. The Bertz CT molecular complexity index is 836. The van der Waals surface area contributed by atoms with Gasteiger partial charge in [0.25, 0.3) is 0 Å². The van der Waals surface area contributed by atoms with Crippen LogP contribution in [-0.2, 0) is 0 Å². The van der Waals surface area contributed by atoms with E-state index in [4.69, 9.17) is 16.1 Å². The third kappa shape index (κ3) is 4.88. The van der Waals surface area contributed by atoms with Crippen LogP contribution in [-0.4, -0.2) is 28.3 Å². The van der Waals surface area contributed by atoms with E-state index in [2.05, 4.69) is 26.3 Å². The second-order valence-electron chi connectivity index (χ2n) is 6.21. The van der Waals surface area contributed by atoms with E-state index in [1.165, 1.54) is 30.9 Å². The van der Waals surface area contributed by atoms with Gasteiger partial charge in [-0.15, -0.1) is 0 Å². The topological polar surface area (TPSA) is 112 Å². The number of carbonyl (C=O) groups excluding carboxylic acids is 1. The molecule has 0 bridgehead atoms. The number of amidine groups is 1. The van der Waals surface area contributed by atoms with E-state index in [-0.39, 0.29) is 28.3 Å². The molecular weight excluding hydrogens is 377 g/mol. The monoisotopic (exact) mass is 395 g/mol. The average Bonchev–Trinajstić information content (AvgIpc) is 3.11. The largest absolute Gasteiger partial charge is 0.409 e. The maximum absolute atomic E-state index is 13.3. The fourth-order valence-electron chi connectivity index (χ4n) is 2.93. The van der Waals surface area contributed by atoms with Gasteiger partial charge >= 0.3 is 6.03 Å². The maximum atomic E-state index is 13.3. The summed E-state index contributed by atoms with van der Waals surface area (Å²) in [6.45, 7) is 0.